The van der Waals surface area contributed by atoms with Gasteiger partial charge >= 0.3 is 5.69 Å². The minimum absolute atomic E-state index is 0.00678. The summed E-state index contributed by atoms with van der Waals surface area (Å²) in [5, 5.41) is 0.171. The lowest BCUT2D eigenvalue weighted by atomic mass is 10.1. The van der Waals surface area contributed by atoms with E-state index in [1.54, 1.807) is 13.0 Å². The first-order chi connectivity index (χ1) is 14.7. The van der Waals surface area contributed by atoms with Gasteiger partial charge in [0.15, 0.2) is 5.65 Å². The predicted octanol–water partition coefficient (Wildman–Crippen LogP) is 4.41. The van der Waals surface area contributed by atoms with Gasteiger partial charge in [-0.2, -0.15) is 0 Å². The third-order valence-corrected chi connectivity index (χ3v) is 5.25. The van der Waals surface area contributed by atoms with E-state index in [0.29, 0.717) is 17.1 Å². The predicted molar refractivity (Wildman–Crippen MR) is 118 cm³/mol. The average Bonchev–Trinajstić information content (AvgIpc) is 2.69. The van der Waals surface area contributed by atoms with E-state index in [1.807, 2.05) is 13.8 Å². The van der Waals surface area contributed by atoms with E-state index in [4.69, 9.17) is 23.2 Å². The Morgan fingerprint density at radius 2 is 1.81 bits per heavy atom. The third kappa shape index (κ3) is 3.62. The number of rotatable bonds is 3. The summed E-state index contributed by atoms with van der Waals surface area (Å²) in [6, 6.07) is 7.33. The first-order valence-electron chi connectivity index (χ1n) is 9.34. The molecule has 0 unspecified atom stereocenters. The SMILES string of the molecule is Cc1nc(Cl)nc(C(C)C)c1-n1c(=O)[nH]c(=O)c2cc(Cl)c(-c3ccccc3F)nc21. The van der Waals surface area contributed by atoms with Crippen LogP contribution in [0.25, 0.3) is 28.0 Å². The van der Waals surface area contributed by atoms with Gasteiger partial charge < -0.3 is 0 Å². The Bertz CT molecular complexity index is 1460. The van der Waals surface area contributed by atoms with Crippen LogP contribution >= 0.6 is 23.2 Å². The standard InChI is InChI=1S/C21H16Cl2FN5O2/c1-9(2)15-17(10(3)25-20(23)27-15)29-18-12(19(30)28-21(29)31)8-13(22)16(26-18)11-6-4-5-7-14(11)24/h4-9H,1-3H3,(H,28,30,31). The highest BCUT2D eigenvalue weighted by Crippen LogP contribution is 2.31. The van der Waals surface area contributed by atoms with Gasteiger partial charge in [0.25, 0.3) is 5.56 Å². The number of pyridine rings is 1. The number of H-pyrrole nitrogens is 1. The summed E-state index contributed by atoms with van der Waals surface area (Å²) in [6.07, 6.45) is 0. The average molecular weight is 460 g/mol. The lowest BCUT2D eigenvalue weighted by Gasteiger charge is -2.17. The number of fused-ring (bicyclic) bond motifs is 1. The van der Waals surface area contributed by atoms with Crippen molar-refractivity contribution in [3.05, 3.63) is 78.7 Å². The maximum absolute atomic E-state index is 14.4. The van der Waals surface area contributed by atoms with E-state index in [1.165, 1.54) is 28.8 Å². The number of nitrogens with one attached hydrogen (secondary N) is 1. The van der Waals surface area contributed by atoms with Crippen molar-refractivity contribution in [2.75, 3.05) is 0 Å². The molecule has 3 heterocycles. The molecule has 0 radical (unpaired) electrons. The van der Waals surface area contributed by atoms with Gasteiger partial charge in [0, 0.05) is 5.56 Å². The van der Waals surface area contributed by atoms with Crippen molar-refractivity contribution in [2.45, 2.75) is 26.7 Å². The minimum atomic E-state index is -0.734. The topological polar surface area (TPSA) is 93.5 Å². The summed E-state index contributed by atoms with van der Waals surface area (Å²) in [4.78, 5) is 40.6. The molecule has 0 aliphatic heterocycles. The van der Waals surface area contributed by atoms with Crippen LogP contribution in [0.15, 0.2) is 39.9 Å². The molecule has 158 valence electrons. The zero-order valence-electron chi connectivity index (χ0n) is 16.7. The van der Waals surface area contributed by atoms with Crippen molar-refractivity contribution in [2.24, 2.45) is 0 Å². The largest absolute Gasteiger partial charge is 0.334 e. The fourth-order valence-corrected chi connectivity index (χ4v) is 3.89. The van der Waals surface area contributed by atoms with Crippen LogP contribution in [0, 0.1) is 12.7 Å². The number of benzene rings is 1. The van der Waals surface area contributed by atoms with Crippen LogP contribution in [0.1, 0.15) is 31.2 Å². The summed E-state index contributed by atoms with van der Waals surface area (Å²) in [5.41, 5.74) is 0.117. The summed E-state index contributed by atoms with van der Waals surface area (Å²) in [5.74, 6) is -0.662. The normalized spacial score (nSPS) is 11.5. The molecule has 4 aromatic rings. The second-order valence-electron chi connectivity index (χ2n) is 7.23. The van der Waals surface area contributed by atoms with Gasteiger partial charge in [-0.15, -0.1) is 0 Å². The fourth-order valence-electron chi connectivity index (χ4n) is 3.42. The molecule has 0 saturated carbocycles. The van der Waals surface area contributed by atoms with Crippen LogP contribution in [-0.2, 0) is 0 Å². The van der Waals surface area contributed by atoms with Crippen LogP contribution in [0.3, 0.4) is 0 Å². The van der Waals surface area contributed by atoms with Crippen molar-refractivity contribution >= 4 is 34.2 Å². The first-order valence-corrected chi connectivity index (χ1v) is 10.1. The monoisotopic (exact) mass is 459 g/mol. The van der Waals surface area contributed by atoms with E-state index in [0.717, 1.165) is 0 Å². The molecule has 0 aliphatic rings. The molecule has 0 fully saturated rings. The van der Waals surface area contributed by atoms with E-state index in [2.05, 4.69) is 19.9 Å². The number of hydrogen-bond donors (Lipinski definition) is 1. The van der Waals surface area contributed by atoms with Gasteiger partial charge in [0.05, 0.1) is 33.2 Å². The molecule has 1 aromatic carbocycles. The smallest absolute Gasteiger partial charge is 0.273 e. The van der Waals surface area contributed by atoms with Crippen LogP contribution < -0.4 is 11.2 Å². The number of aromatic amines is 1. The number of aromatic nitrogens is 5. The number of hydrogen-bond acceptors (Lipinski definition) is 5. The molecular formula is C21H16Cl2FN5O2. The molecule has 0 spiro atoms. The van der Waals surface area contributed by atoms with Crippen LogP contribution in [0.4, 0.5) is 4.39 Å². The first kappa shape index (κ1) is 21.1. The van der Waals surface area contributed by atoms with Crippen LogP contribution in [0.2, 0.25) is 10.3 Å². The third-order valence-electron chi connectivity index (χ3n) is 4.79. The zero-order chi connectivity index (χ0) is 22.4. The second kappa shape index (κ2) is 7.86. The molecule has 4 rings (SSSR count). The number of halogens is 3. The van der Waals surface area contributed by atoms with Crippen molar-refractivity contribution in [3.63, 3.8) is 0 Å². The van der Waals surface area contributed by atoms with Crippen molar-refractivity contribution in [3.8, 4) is 16.9 Å². The summed E-state index contributed by atoms with van der Waals surface area (Å²) in [7, 11) is 0. The molecule has 0 bridgehead atoms. The van der Waals surface area contributed by atoms with Crippen LogP contribution in [-0.4, -0.2) is 24.5 Å². The Morgan fingerprint density at radius 3 is 2.48 bits per heavy atom. The lowest BCUT2D eigenvalue weighted by molar-refractivity contribution is 0.631. The van der Waals surface area contributed by atoms with Crippen molar-refractivity contribution in [1.29, 1.82) is 0 Å². The van der Waals surface area contributed by atoms with Gasteiger partial charge in [-0.05, 0) is 42.6 Å². The highest BCUT2D eigenvalue weighted by atomic mass is 35.5. The van der Waals surface area contributed by atoms with E-state index < -0.39 is 17.1 Å². The Hall–Kier alpha value is -3.10. The van der Waals surface area contributed by atoms with Crippen molar-refractivity contribution in [1.82, 2.24) is 24.5 Å². The minimum Gasteiger partial charge on any atom is -0.273 e. The summed E-state index contributed by atoms with van der Waals surface area (Å²) in [6.45, 7) is 5.44. The quantitative estimate of drug-likeness (QED) is 0.458. The summed E-state index contributed by atoms with van der Waals surface area (Å²) >= 11 is 12.4. The molecule has 3 aromatic heterocycles. The van der Waals surface area contributed by atoms with Gasteiger partial charge in [0.2, 0.25) is 5.28 Å². The van der Waals surface area contributed by atoms with Gasteiger partial charge in [-0.25, -0.2) is 28.7 Å². The van der Waals surface area contributed by atoms with Gasteiger partial charge in [-0.3, -0.25) is 9.78 Å². The molecule has 0 atom stereocenters. The molecule has 10 heteroatoms. The van der Waals surface area contributed by atoms with Crippen LogP contribution in [0.5, 0.6) is 0 Å². The lowest BCUT2D eigenvalue weighted by Crippen LogP contribution is -2.31. The Labute approximate surface area is 185 Å². The molecule has 0 saturated heterocycles. The fraction of sp³-hybridized carbons (Fsp3) is 0.190. The summed E-state index contributed by atoms with van der Waals surface area (Å²) < 4.78 is 15.7. The molecule has 1 N–H and O–H groups in total. The molecule has 31 heavy (non-hydrogen) atoms. The maximum Gasteiger partial charge on any atom is 0.334 e. The Balaban J connectivity index is 2.18. The van der Waals surface area contributed by atoms with E-state index in [-0.39, 0.29) is 38.5 Å². The number of aryl methyl sites for hydroxylation is 1. The molecular weight excluding hydrogens is 444 g/mol. The van der Waals surface area contributed by atoms with Crippen molar-refractivity contribution < 1.29 is 4.39 Å². The highest BCUT2D eigenvalue weighted by molar-refractivity contribution is 6.33. The van der Waals surface area contributed by atoms with Gasteiger partial charge in [-0.1, -0.05) is 37.6 Å². The number of nitrogens with zero attached hydrogens (tertiary/aromatic N) is 4. The zero-order valence-corrected chi connectivity index (χ0v) is 18.2. The maximum atomic E-state index is 14.4. The molecule has 0 amide bonds. The highest BCUT2D eigenvalue weighted by Gasteiger charge is 2.22. The second-order valence-corrected chi connectivity index (χ2v) is 7.98. The van der Waals surface area contributed by atoms with Gasteiger partial charge in [0.1, 0.15) is 5.82 Å². The molecule has 7 nitrogen and oxygen atoms in total. The molecule has 0 aliphatic carbocycles. The Kier molecular flexibility index (Phi) is 5.36. The Morgan fingerprint density at radius 1 is 1.10 bits per heavy atom. The van der Waals surface area contributed by atoms with E-state index >= 15 is 0 Å². The van der Waals surface area contributed by atoms with E-state index in [9.17, 15) is 14.0 Å².